The molecule has 0 spiro atoms. The number of thiophene rings is 1. The Kier molecular flexibility index (Phi) is 4.31. The van der Waals surface area contributed by atoms with Crippen LogP contribution in [-0.4, -0.2) is 28.2 Å². The number of aryl methyl sites for hydroxylation is 1. The topological polar surface area (TPSA) is 88.3 Å². The first kappa shape index (κ1) is 17.5. The number of para-hydroxylation sites is 1. The predicted octanol–water partition coefficient (Wildman–Crippen LogP) is 3.34. The quantitative estimate of drug-likeness (QED) is 0.714. The molecule has 2 amide bonds. The highest BCUT2D eigenvalue weighted by molar-refractivity contribution is 7.21. The summed E-state index contributed by atoms with van der Waals surface area (Å²) in [6.07, 6.45) is 0.716. The van der Waals surface area contributed by atoms with Gasteiger partial charge in [0, 0.05) is 43.2 Å². The van der Waals surface area contributed by atoms with Gasteiger partial charge in [-0.3, -0.25) is 9.59 Å². The van der Waals surface area contributed by atoms with Crippen LogP contribution >= 0.6 is 11.3 Å². The standard InChI is InChI=1S/C20H20N4O2S/c1-11-5-3-4-6-15(11)22-19(26)18-17(21)14-9-13-10-24(12(2)25)8-7-16(13)23-20(14)27-18/h3-6,9H,7-8,10,21H2,1-2H3,(H,22,26). The summed E-state index contributed by atoms with van der Waals surface area (Å²) in [5.74, 6) is -0.175. The van der Waals surface area contributed by atoms with Gasteiger partial charge in [0.05, 0.1) is 5.69 Å². The van der Waals surface area contributed by atoms with Gasteiger partial charge in [0.2, 0.25) is 5.91 Å². The zero-order chi connectivity index (χ0) is 19.1. The number of hydrogen-bond acceptors (Lipinski definition) is 5. The fraction of sp³-hybridized carbons (Fsp3) is 0.250. The van der Waals surface area contributed by atoms with Crippen LogP contribution < -0.4 is 11.1 Å². The van der Waals surface area contributed by atoms with Gasteiger partial charge in [-0.05, 0) is 30.2 Å². The maximum atomic E-state index is 12.8. The van der Waals surface area contributed by atoms with Crippen molar-refractivity contribution in [2.45, 2.75) is 26.8 Å². The number of amides is 2. The Morgan fingerprint density at radius 3 is 2.81 bits per heavy atom. The van der Waals surface area contributed by atoms with Crippen molar-refractivity contribution in [1.82, 2.24) is 9.88 Å². The Morgan fingerprint density at radius 1 is 1.30 bits per heavy atom. The Morgan fingerprint density at radius 2 is 2.07 bits per heavy atom. The molecule has 0 radical (unpaired) electrons. The fourth-order valence-corrected chi connectivity index (χ4v) is 4.32. The lowest BCUT2D eigenvalue weighted by Gasteiger charge is -2.27. The van der Waals surface area contributed by atoms with Crippen LogP contribution in [0.1, 0.15) is 33.4 Å². The highest BCUT2D eigenvalue weighted by atomic mass is 32.1. The molecule has 0 aliphatic carbocycles. The molecule has 3 aromatic rings. The molecule has 3 N–H and O–H groups in total. The maximum absolute atomic E-state index is 12.8. The SMILES string of the molecule is CC(=O)N1CCc2nc3sc(C(=O)Nc4ccccc4C)c(N)c3cc2C1. The van der Waals surface area contributed by atoms with Crippen molar-refractivity contribution in [3.8, 4) is 0 Å². The first-order valence-corrected chi connectivity index (χ1v) is 9.59. The summed E-state index contributed by atoms with van der Waals surface area (Å²) in [4.78, 5) is 32.2. The van der Waals surface area contributed by atoms with E-state index in [0.29, 0.717) is 30.1 Å². The maximum Gasteiger partial charge on any atom is 0.267 e. The number of anilines is 2. The molecule has 0 bridgehead atoms. The highest BCUT2D eigenvalue weighted by Gasteiger charge is 2.23. The van der Waals surface area contributed by atoms with Gasteiger partial charge in [0.15, 0.2) is 0 Å². The number of carbonyl (C=O) groups is 2. The minimum Gasteiger partial charge on any atom is -0.397 e. The van der Waals surface area contributed by atoms with Crippen LogP contribution in [0.2, 0.25) is 0 Å². The molecule has 138 valence electrons. The summed E-state index contributed by atoms with van der Waals surface area (Å²) in [5, 5.41) is 3.71. The van der Waals surface area contributed by atoms with E-state index in [1.54, 1.807) is 11.8 Å². The second-order valence-electron chi connectivity index (χ2n) is 6.75. The molecule has 0 atom stereocenters. The number of carbonyl (C=O) groups excluding carboxylic acids is 2. The highest BCUT2D eigenvalue weighted by Crippen LogP contribution is 2.35. The minimum absolute atomic E-state index is 0.0531. The molecule has 2 aromatic heterocycles. The van der Waals surface area contributed by atoms with E-state index >= 15 is 0 Å². The summed E-state index contributed by atoms with van der Waals surface area (Å²) >= 11 is 1.31. The van der Waals surface area contributed by atoms with Crippen LogP contribution in [0, 0.1) is 6.92 Å². The van der Waals surface area contributed by atoms with E-state index in [0.717, 1.165) is 32.7 Å². The van der Waals surface area contributed by atoms with E-state index in [1.807, 2.05) is 37.3 Å². The normalized spacial score (nSPS) is 13.5. The van der Waals surface area contributed by atoms with Crippen molar-refractivity contribution < 1.29 is 9.59 Å². The molecule has 6 nitrogen and oxygen atoms in total. The van der Waals surface area contributed by atoms with Crippen LogP contribution in [0.5, 0.6) is 0 Å². The summed E-state index contributed by atoms with van der Waals surface area (Å²) in [7, 11) is 0. The van der Waals surface area contributed by atoms with Crippen LogP contribution in [0.15, 0.2) is 30.3 Å². The average molecular weight is 380 g/mol. The molecule has 3 heterocycles. The number of nitrogen functional groups attached to an aromatic ring is 1. The van der Waals surface area contributed by atoms with Gasteiger partial charge in [-0.2, -0.15) is 0 Å². The fourth-order valence-electron chi connectivity index (χ4n) is 3.33. The summed E-state index contributed by atoms with van der Waals surface area (Å²) < 4.78 is 0. The van der Waals surface area contributed by atoms with E-state index in [-0.39, 0.29) is 11.8 Å². The molecule has 7 heteroatoms. The van der Waals surface area contributed by atoms with Crippen LogP contribution in [-0.2, 0) is 17.8 Å². The minimum atomic E-state index is -0.229. The first-order chi connectivity index (χ1) is 12.9. The number of aromatic nitrogens is 1. The molecular formula is C20H20N4O2S. The van der Waals surface area contributed by atoms with Crippen LogP contribution in [0.25, 0.3) is 10.2 Å². The van der Waals surface area contributed by atoms with Crippen LogP contribution in [0.4, 0.5) is 11.4 Å². The molecule has 27 heavy (non-hydrogen) atoms. The molecule has 0 saturated heterocycles. The van der Waals surface area contributed by atoms with Crippen molar-refractivity contribution in [3.05, 3.63) is 52.0 Å². The lowest BCUT2D eigenvalue weighted by molar-refractivity contribution is -0.129. The average Bonchev–Trinajstić information content (AvgIpc) is 2.97. The van der Waals surface area contributed by atoms with Crippen molar-refractivity contribution in [2.75, 3.05) is 17.6 Å². The third-order valence-electron chi connectivity index (χ3n) is 4.91. The zero-order valence-corrected chi connectivity index (χ0v) is 16.0. The number of pyridine rings is 1. The molecular weight excluding hydrogens is 360 g/mol. The van der Waals surface area contributed by atoms with Crippen molar-refractivity contribution >= 4 is 44.7 Å². The molecule has 0 unspecified atom stereocenters. The number of benzene rings is 1. The van der Waals surface area contributed by atoms with Gasteiger partial charge in [0.25, 0.3) is 5.91 Å². The first-order valence-electron chi connectivity index (χ1n) is 8.77. The third-order valence-corrected chi connectivity index (χ3v) is 6.03. The molecule has 4 rings (SSSR count). The number of fused-ring (bicyclic) bond motifs is 2. The van der Waals surface area contributed by atoms with E-state index in [1.165, 1.54) is 11.3 Å². The number of nitrogens with zero attached hydrogens (tertiary/aromatic N) is 2. The van der Waals surface area contributed by atoms with Crippen molar-refractivity contribution in [3.63, 3.8) is 0 Å². The molecule has 1 aliphatic rings. The second-order valence-corrected chi connectivity index (χ2v) is 7.75. The Hall–Kier alpha value is -2.93. The number of nitrogens with two attached hydrogens (primary N) is 1. The number of nitrogens with one attached hydrogen (secondary N) is 1. The number of rotatable bonds is 2. The Balaban J connectivity index is 1.69. The molecule has 1 aromatic carbocycles. The smallest absolute Gasteiger partial charge is 0.267 e. The molecule has 1 aliphatic heterocycles. The summed E-state index contributed by atoms with van der Waals surface area (Å²) in [5.41, 5.74) is 10.5. The summed E-state index contributed by atoms with van der Waals surface area (Å²) in [6, 6.07) is 9.60. The van der Waals surface area contributed by atoms with E-state index in [9.17, 15) is 9.59 Å². The molecule has 0 fully saturated rings. The second kappa shape index (κ2) is 6.66. The predicted molar refractivity (Wildman–Crippen MR) is 108 cm³/mol. The van der Waals surface area contributed by atoms with Crippen molar-refractivity contribution in [1.29, 1.82) is 0 Å². The van der Waals surface area contributed by atoms with E-state index < -0.39 is 0 Å². The third kappa shape index (κ3) is 3.14. The van der Waals surface area contributed by atoms with Gasteiger partial charge in [0.1, 0.15) is 9.71 Å². The Labute approximate surface area is 161 Å². The lowest BCUT2D eigenvalue weighted by Crippen LogP contribution is -2.34. The van der Waals surface area contributed by atoms with Crippen LogP contribution in [0.3, 0.4) is 0 Å². The van der Waals surface area contributed by atoms with E-state index in [4.69, 9.17) is 10.7 Å². The summed E-state index contributed by atoms with van der Waals surface area (Å²) in [6.45, 7) is 4.72. The van der Waals surface area contributed by atoms with Gasteiger partial charge in [-0.1, -0.05) is 18.2 Å². The van der Waals surface area contributed by atoms with Gasteiger partial charge in [-0.15, -0.1) is 11.3 Å². The Bertz CT molecular complexity index is 1070. The zero-order valence-electron chi connectivity index (χ0n) is 15.2. The largest absolute Gasteiger partial charge is 0.397 e. The number of hydrogen-bond donors (Lipinski definition) is 2. The van der Waals surface area contributed by atoms with Gasteiger partial charge < -0.3 is 16.0 Å². The van der Waals surface area contributed by atoms with Crippen molar-refractivity contribution in [2.24, 2.45) is 0 Å². The van der Waals surface area contributed by atoms with E-state index in [2.05, 4.69) is 5.32 Å². The monoisotopic (exact) mass is 380 g/mol. The van der Waals surface area contributed by atoms with Gasteiger partial charge in [-0.25, -0.2) is 4.98 Å². The lowest BCUT2D eigenvalue weighted by atomic mass is 10.0. The molecule has 0 saturated carbocycles. The van der Waals surface area contributed by atoms with Gasteiger partial charge >= 0.3 is 0 Å².